The number of nitrogens with zero attached hydrogens (tertiary/aromatic N) is 1. The van der Waals surface area contributed by atoms with Gasteiger partial charge in [0.1, 0.15) is 5.75 Å². The number of hydrazine groups is 1. The first-order valence-corrected chi connectivity index (χ1v) is 7.39. The number of carbonyl (C=O) groups excluding carboxylic acids is 2. The van der Waals surface area contributed by atoms with Crippen molar-refractivity contribution in [2.24, 2.45) is 0 Å². The summed E-state index contributed by atoms with van der Waals surface area (Å²) in [6.45, 7) is -0.257. The molecule has 0 aliphatic rings. The van der Waals surface area contributed by atoms with Crippen LogP contribution in [0.1, 0.15) is 11.1 Å². The zero-order valence-electron chi connectivity index (χ0n) is 12.6. The molecule has 0 atom stereocenters. The van der Waals surface area contributed by atoms with E-state index in [0.29, 0.717) is 16.3 Å². The van der Waals surface area contributed by atoms with Crippen molar-refractivity contribution in [3.63, 3.8) is 0 Å². The van der Waals surface area contributed by atoms with Gasteiger partial charge in [0.15, 0.2) is 6.61 Å². The van der Waals surface area contributed by atoms with Crippen molar-refractivity contribution >= 4 is 23.4 Å². The number of halogens is 1. The van der Waals surface area contributed by atoms with Crippen molar-refractivity contribution < 1.29 is 14.3 Å². The van der Waals surface area contributed by atoms with Crippen LogP contribution in [-0.4, -0.2) is 18.4 Å². The Morgan fingerprint density at radius 2 is 1.62 bits per heavy atom. The van der Waals surface area contributed by atoms with Crippen molar-refractivity contribution in [2.75, 3.05) is 6.61 Å². The molecule has 0 radical (unpaired) electrons. The molecule has 2 aromatic rings. The Balaban J connectivity index is 1.71. The Morgan fingerprint density at radius 3 is 2.25 bits per heavy atom. The lowest BCUT2D eigenvalue weighted by molar-refractivity contribution is -0.129. The summed E-state index contributed by atoms with van der Waals surface area (Å²) >= 11 is 5.77. The standard InChI is InChI=1S/C17H14ClN3O3/c18-14-5-1-12(2-6-14)9-16(22)20-21-17(23)11-24-15-7-3-13(10-19)4-8-15/h1-8H,9,11H2,(H,20,22)(H,21,23). The zero-order chi connectivity index (χ0) is 17.4. The average Bonchev–Trinajstić information content (AvgIpc) is 2.60. The van der Waals surface area contributed by atoms with Crippen molar-refractivity contribution in [1.29, 1.82) is 5.26 Å². The molecule has 2 rings (SSSR count). The van der Waals surface area contributed by atoms with Crippen LogP contribution in [0.5, 0.6) is 5.75 Å². The molecule has 2 amide bonds. The third-order valence-corrected chi connectivity index (χ3v) is 3.22. The monoisotopic (exact) mass is 343 g/mol. The lowest BCUT2D eigenvalue weighted by atomic mass is 10.1. The van der Waals surface area contributed by atoms with Gasteiger partial charge in [-0.1, -0.05) is 23.7 Å². The SMILES string of the molecule is N#Cc1ccc(OCC(=O)NNC(=O)Cc2ccc(Cl)cc2)cc1. The molecule has 0 fully saturated rings. The van der Waals surface area contributed by atoms with Gasteiger partial charge in [0.25, 0.3) is 5.91 Å². The fraction of sp³-hybridized carbons (Fsp3) is 0.118. The number of rotatable bonds is 5. The lowest BCUT2D eigenvalue weighted by Crippen LogP contribution is -2.44. The fourth-order valence-electron chi connectivity index (χ4n) is 1.78. The molecule has 2 aromatic carbocycles. The molecule has 0 saturated heterocycles. The summed E-state index contributed by atoms with van der Waals surface area (Å²) in [4.78, 5) is 23.3. The van der Waals surface area contributed by atoms with Crippen LogP contribution in [0.25, 0.3) is 0 Å². The number of amides is 2. The van der Waals surface area contributed by atoms with Gasteiger partial charge in [0.05, 0.1) is 18.1 Å². The van der Waals surface area contributed by atoms with Crippen molar-refractivity contribution in [3.8, 4) is 11.8 Å². The van der Waals surface area contributed by atoms with Crippen LogP contribution in [0.2, 0.25) is 5.02 Å². The second-order valence-electron chi connectivity index (χ2n) is 4.82. The Bertz CT molecular complexity index is 752. The van der Waals surface area contributed by atoms with Gasteiger partial charge >= 0.3 is 0 Å². The number of ether oxygens (including phenoxy) is 1. The summed E-state index contributed by atoms with van der Waals surface area (Å²) in [7, 11) is 0. The fourth-order valence-corrected chi connectivity index (χ4v) is 1.91. The number of benzene rings is 2. The molecular formula is C17H14ClN3O3. The number of nitrogens with one attached hydrogen (secondary N) is 2. The summed E-state index contributed by atoms with van der Waals surface area (Å²) in [6, 6.07) is 15.2. The first-order chi connectivity index (χ1) is 11.6. The maximum Gasteiger partial charge on any atom is 0.276 e. The predicted molar refractivity (Wildman–Crippen MR) is 88.1 cm³/mol. The zero-order valence-corrected chi connectivity index (χ0v) is 13.3. The number of nitriles is 1. The van der Waals surface area contributed by atoms with E-state index >= 15 is 0 Å². The van der Waals surface area contributed by atoms with Gasteiger partial charge in [-0.25, -0.2) is 0 Å². The van der Waals surface area contributed by atoms with Gasteiger partial charge in [-0.3, -0.25) is 20.4 Å². The van der Waals surface area contributed by atoms with E-state index in [0.717, 1.165) is 5.56 Å². The molecule has 0 heterocycles. The Hall–Kier alpha value is -3.04. The first-order valence-electron chi connectivity index (χ1n) is 7.02. The summed E-state index contributed by atoms with van der Waals surface area (Å²) in [5.74, 6) is -0.399. The van der Waals surface area contributed by atoms with E-state index in [1.165, 1.54) is 0 Å². The second-order valence-corrected chi connectivity index (χ2v) is 5.26. The minimum absolute atomic E-state index is 0.119. The van der Waals surface area contributed by atoms with Gasteiger partial charge in [0, 0.05) is 5.02 Å². The first kappa shape index (κ1) is 17.3. The van der Waals surface area contributed by atoms with Gasteiger partial charge < -0.3 is 4.74 Å². The molecule has 6 nitrogen and oxygen atoms in total. The largest absolute Gasteiger partial charge is 0.484 e. The normalized spacial score (nSPS) is 9.67. The summed E-state index contributed by atoms with van der Waals surface area (Å²) in [6.07, 6.45) is 0.119. The predicted octanol–water partition coefficient (Wildman–Crippen LogP) is 1.98. The molecule has 122 valence electrons. The summed E-state index contributed by atoms with van der Waals surface area (Å²) in [5, 5.41) is 9.28. The molecule has 0 unspecified atom stereocenters. The Labute approximate surface area is 144 Å². The highest BCUT2D eigenvalue weighted by molar-refractivity contribution is 6.30. The maximum absolute atomic E-state index is 11.7. The molecule has 0 aliphatic carbocycles. The van der Waals surface area contributed by atoms with E-state index < -0.39 is 5.91 Å². The highest BCUT2D eigenvalue weighted by atomic mass is 35.5. The van der Waals surface area contributed by atoms with E-state index in [9.17, 15) is 9.59 Å². The number of carbonyl (C=O) groups is 2. The number of hydrogen-bond donors (Lipinski definition) is 2. The molecule has 2 N–H and O–H groups in total. The third kappa shape index (κ3) is 5.63. The molecule has 0 spiro atoms. The topological polar surface area (TPSA) is 91.2 Å². The van der Waals surface area contributed by atoms with E-state index in [1.807, 2.05) is 6.07 Å². The van der Waals surface area contributed by atoms with E-state index in [2.05, 4.69) is 10.9 Å². The average molecular weight is 344 g/mol. The van der Waals surface area contributed by atoms with Gasteiger partial charge in [-0.2, -0.15) is 5.26 Å². The minimum atomic E-state index is -0.496. The van der Waals surface area contributed by atoms with Crippen molar-refractivity contribution in [2.45, 2.75) is 6.42 Å². The van der Waals surface area contributed by atoms with Gasteiger partial charge in [0.2, 0.25) is 5.91 Å². The summed E-state index contributed by atoms with van der Waals surface area (Å²) < 4.78 is 5.24. The molecule has 0 aromatic heterocycles. The van der Waals surface area contributed by atoms with Gasteiger partial charge in [-0.05, 0) is 42.0 Å². The molecular weight excluding hydrogens is 330 g/mol. The molecule has 0 aliphatic heterocycles. The van der Waals surface area contributed by atoms with Crippen LogP contribution < -0.4 is 15.6 Å². The maximum atomic E-state index is 11.7. The highest BCUT2D eigenvalue weighted by Crippen LogP contribution is 2.11. The molecule has 0 bridgehead atoms. The summed E-state index contributed by atoms with van der Waals surface area (Å²) in [5.41, 5.74) is 5.85. The van der Waals surface area contributed by atoms with Crippen LogP contribution in [0, 0.1) is 11.3 Å². The van der Waals surface area contributed by atoms with Gasteiger partial charge in [-0.15, -0.1) is 0 Å². The van der Waals surface area contributed by atoms with Crippen molar-refractivity contribution in [1.82, 2.24) is 10.9 Å². The van der Waals surface area contributed by atoms with Crippen LogP contribution in [0.3, 0.4) is 0 Å². The Morgan fingerprint density at radius 1 is 1.00 bits per heavy atom. The molecule has 7 heteroatoms. The smallest absolute Gasteiger partial charge is 0.276 e. The molecule has 24 heavy (non-hydrogen) atoms. The van der Waals surface area contributed by atoms with E-state index in [1.54, 1.807) is 48.5 Å². The van der Waals surface area contributed by atoms with E-state index in [-0.39, 0.29) is 18.9 Å². The lowest BCUT2D eigenvalue weighted by Gasteiger charge is -2.09. The quantitative estimate of drug-likeness (QED) is 0.812. The van der Waals surface area contributed by atoms with E-state index in [4.69, 9.17) is 21.6 Å². The third-order valence-electron chi connectivity index (χ3n) is 2.97. The second kappa shape index (κ2) is 8.56. The highest BCUT2D eigenvalue weighted by Gasteiger charge is 2.07. The van der Waals surface area contributed by atoms with Crippen LogP contribution in [-0.2, 0) is 16.0 Å². The molecule has 0 saturated carbocycles. The Kier molecular flexibility index (Phi) is 6.17. The van der Waals surface area contributed by atoms with Crippen LogP contribution in [0.4, 0.5) is 0 Å². The van der Waals surface area contributed by atoms with Crippen LogP contribution >= 0.6 is 11.6 Å². The van der Waals surface area contributed by atoms with Crippen LogP contribution in [0.15, 0.2) is 48.5 Å². The minimum Gasteiger partial charge on any atom is -0.484 e. The van der Waals surface area contributed by atoms with Crippen molar-refractivity contribution in [3.05, 3.63) is 64.7 Å². The number of hydrogen-bond acceptors (Lipinski definition) is 4.